The van der Waals surface area contributed by atoms with E-state index in [0.717, 1.165) is 51.4 Å². The number of rotatable bonds is 35. The van der Waals surface area contributed by atoms with E-state index in [4.69, 9.17) is 18.5 Å². The van der Waals surface area contributed by atoms with Gasteiger partial charge in [0.1, 0.15) is 43.2 Å². The number of esters is 2. The van der Waals surface area contributed by atoms with Crippen molar-refractivity contribution in [3.63, 3.8) is 0 Å². The van der Waals surface area contributed by atoms with Gasteiger partial charge in [0.05, 0.1) is 6.61 Å². The van der Waals surface area contributed by atoms with Gasteiger partial charge in [-0.15, -0.1) is 0 Å². The Morgan fingerprint density at radius 3 is 1.22 bits per heavy atom. The molecule has 1 aliphatic carbocycles. The van der Waals surface area contributed by atoms with Gasteiger partial charge in [-0.2, -0.15) is 0 Å². The van der Waals surface area contributed by atoms with E-state index in [1.807, 2.05) is 0 Å². The van der Waals surface area contributed by atoms with E-state index in [-0.39, 0.29) is 12.8 Å². The van der Waals surface area contributed by atoms with Crippen LogP contribution in [0.3, 0.4) is 0 Å². The molecule has 1 aliphatic rings. The van der Waals surface area contributed by atoms with Crippen molar-refractivity contribution in [2.24, 2.45) is 0 Å². The van der Waals surface area contributed by atoms with Gasteiger partial charge >= 0.3 is 19.8 Å². The number of phosphoric ester groups is 1. The Labute approximate surface area is 325 Å². The van der Waals surface area contributed by atoms with Crippen LogP contribution in [0, 0.1) is 0 Å². The van der Waals surface area contributed by atoms with Crippen LogP contribution in [0.15, 0.2) is 0 Å². The highest BCUT2D eigenvalue weighted by Crippen LogP contribution is 2.47. The Bertz CT molecular complexity index is 969. The molecule has 6 atom stereocenters. The molecule has 0 aliphatic heterocycles. The van der Waals surface area contributed by atoms with E-state index < -0.39 is 75.7 Å². The van der Waals surface area contributed by atoms with Crippen molar-refractivity contribution in [3.05, 3.63) is 0 Å². The molecule has 6 N–H and O–H groups in total. The van der Waals surface area contributed by atoms with Crippen LogP contribution in [-0.2, 0) is 32.7 Å². The predicted molar refractivity (Wildman–Crippen MR) is 208 cm³/mol. The van der Waals surface area contributed by atoms with Crippen LogP contribution in [0.25, 0.3) is 0 Å². The molecule has 0 spiro atoms. The lowest BCUT2D eigenvalue weighted by Gasteiger charge is -2.41. The molecule has 14 heteroatoms. The van der Waals surface area contributed by atoms with Crippen LogP contribution >= 0.6 is 7.82 Å². The summed E-state index contributed by atoms with van der Waals surface area (Å²) in [5, 5.41) is 49.9. The fourth-order valence-corrected chi connectivity index (χ4v) is 7.67. The van der Waals surface area contributed by atoms with Crippen LogP contribution in [0.4, 0.5) is 0 Å². The normalized spacial score (nSPS) is 23.2. The quantitative estimate of drug-likeness (QED) is 0.0211. The molecule has 1 rings (SSSR count). The summed E-state index contributed by atoms with van der Waals surface area (Å²) in [4.78, 5) is 35.3. The van der Waals surface area contributed by atoms with E-state index in [1.165, 1.54) is 96.3 Å². The summed E-state index contributed by atoms with van der Waals surface area (Å²) in [7, 11) is -5.10. The molecule has 13 nitrogen and oxygen atoms in total. The Morgan fingerprint density at radius 1 is 0.500 bits per heavy atom. The number of phosphoric acid groups is 1. The molecule has 0 aromatic carbocycles. The zero-order chi connectivity index (χ0) is 40.0. The van der Waals surface area contributed by atoms with Crippen LogP contribution in [0.5, 0.6) is 0 Å². The molecule has 0 saturated heterocycles. The summed E-state index contributed by atoms with van der Waals surface area (Å²) in [5.74, 6) is -1.10. The number of hydrogen-bond acceptors (Lipinski definition) is 12. The number of carbonyl (C=O) groups is 2. The maximum absolute atomic E-state index is 12.7. The first-order valence-electron chi connectivity index (χ1n) is 21.3. The van der Waals surface area contributed by atoms with Crippen molar-refractivity contribution >= 4 is 19.8 Å². The molecule has 0 heterocycles. The van der Waals surface area contributed by atoms with Crippen molar-refractivity contribution in [3.8, 4) is 0 Å². The lowest BCUT2D eigenvalue weighted by Crippen LogP contribution is -2.64. The Hall–Kier alpha value is -1.15. The third-order valence-electron chi connectivity index (χ3n) is 10.2. The highest BCUT2D eigenvalue weighted by Gasteiger charge is 2.51. The number of aliphatic hydroxyl groups is 5. The van der Waals surface area contributed by atoms with E-state index in [0.29, 0.717) is 12.8 Å². The Morgan fingerprint density at radius 2 is 0.833 bits per heavy atom. The number of aliphatic hydroxyl groups excluding tert-OH is 5. The minimum absolute atomic E-state index is 0.104. The maximum atomic E-state index is 12.7. The first-order valence-corrected chi connectivity index (χ1v) is 22.8. The number of unbranched alkanes of at least 4 members (excludes halogenated alkanes) is 23. The van der Waals surface area contributed by atoms with E-state index in [9.17, 15) is 44.6 Å². The summed E-state index contributed by atoms with van der Waals surface area (Å²) in [6.07, 6.45) is 16.5. The Balaban J connectivity index is 2.38. The third kappa shape index (κ3) is 24.5. The molecular weight excluding hydrogens is 719 g/mol. The summed E-state index contributed by atoms with van der Waals surface area (Å²) in [5.41, 5.74) is 0. The van der Waals surface area contributed by atoms with Crippen molar-refractivity contribution in [2.45, 2.75) is 230 Å². The van der Waals surface area contributed by atoms with Crippen LogP contribution in [0.2, 0.25) is 0 Å². The molecule has 320 valence electrons. The second-order valence-electron chi connectivity index (χ2n) is 15.2. The Kier molecular flexibility index (Phi) is 30.0. The largest absolute Gasteiger partial charge is 0.472 e. The van der Waals surface area contributed by atoms with Crippen LogP contribution in [0.1, 0.15) is 187 Å². The molecule has 0 aromatic heterocycles. The molecule has 0 bridgehead atoms. The van der Waals surface area contributed by atoms with Crippen LogP contribution in [-0.4, -0.2) is 98.3 Å². The van der Waals surface area contributed by atoms with Gasteiger partial charge in [0.25, 0.3) is 0 Å². The minimum Gasteiger partial charge on any atom is -0.462 e. The van der Waals surface area contributed by atoms with Gasteiger partial charge in [0, 0.05) is 12.8 Å². The van der Waals surface area contributed by atoms with Gasteiger partial charge in [-0.05, 0) is 12.8 Å². The number of carbonyl (C=O) groups excluding carboxylic acids is 2. The highest BCUT2D eigenvalue weighted by atomic mass is 31.2. The summed E-state index contributed by atoms with van der Waals surface area (Å²) >= 11 is 0. The van der Waals surface area contributed by atoms with Gasteiger partial charge in [-0.25, -0.2) is 4.57 Å². The summed E-state index contributed by atoms with van der Waals surface area (Å²) < 4.78 is 33.3. The van der Waals surface area contributed by atoms with Crippen molar-refractivity contribution < 1.29 is 63.1 Å². The predicted octanol–water partition coefficient (Wildman–Crippen LogP) is 7.33. The zero-order valence-electron chi connectivity index (χ0n) is 33.5. The molecule has 0 radical (unpaired) electrons. The average Bonchev–Trinajstić information content (AvgIpc) is 3.15. The number of ether oxygens (including phenoxy) is 2. The lowest BCUT2D eigenvalue weighted by molar-refractivity contribution is -0.220. The van der Waals surface area contributed by atoms with Gasteiger partial charge in [0.2, 0.25) is 0 Å². The molecule has 0 amide bonds. The summed E-state index contributed by atoms with van der Waals surface area (Å²) in [6.45, 7) is 3.22. The second kappa shape index (κ2) is 31.9. The smallest absolute Gasteiger partial charge is 0.462 e. The molecule has 1 fully saturated rings. The lowest BCUT2D eigenvalue weighted by atomic mass is 9.85. The zero-order valence-corrected chi connectivity index (χ0v) is 34.4. The van der Waals surface area contributed by atoms with E-state index in [2.05, 4.69) is 13.8 Å². The molecule has 0 aromatic rings. The van der Waals surface area contributed by atoms with Gasteiger partial charge < -0.3 is 39.9 Å². The van der Waals surface area contributed by atoms with Crippen molar-refractivity contribution in [1.29, 1.82) is 0 Å². The minimum atomic E-state index is -5.10. The van der Waals surface area contributed by atoms with Gasteiger partial charge in [-0.3, -0.25) is 18.6 Å². The van der Waals surface area contributed by atoms with Gasteiger partial charge in [0.15, 0.2) is 6.10 Å². The highest BCUT2D eigenvalue weighted by molar-refractivity contribution is 7.47. The first-order chi connectivity index (χ1) is 25.9. The van der Waals surface area contributed by atoms with Gasteiger partial charge in [-0.1, -0.05) is 162 Å². The second-order valence-corrected chi connectivity index (χ2v) is 16.6. The van der Waals surface area contributed by atoms with Crippen LogP contribution < -0.4 is 0 Å². The van der Waals surface area contributed by atoms with E-state index in [1.54, 1.807) is 0 Å². The number of hydrogen-bond donors (Lipinski definition) is 6. The van der Waals surface area contributed by atoms with E-state index >= 15 is 0 Å². The topological polar surface area (TPSA) is 210 Å². The molecule has 6 unspecified atom stereocenters. The molecular formula is C40H77O13P. The molecule has 1 saturated carbocycles. The standard InChI is InChI=1S/C40H77O13P/c1-3-5-7-9-11-12-13-14-15-16-17-18-19-20-21-22-23-25-27-29-34(42)52-32(30-50-33(41)28-26-24-10-8-6-4-2)31-51-54(48,49)53-40-38(46)36(44)35(43)37(45)39(40)47/h32,35-40,43-47H,3-31H2,1-2H3,(H,48,49). The molecule has 54 heavy (non-hydrogen) atoms. The first kappa shape index (κ1) is 50.9. The fourth-order valence-electron chi connectivity index (χ4n) is 6.70. The maximum Gasteiger partial charge on any atom is 0.472 e. The fraction of sp³-hybridized carbons (Fsp3) is 0.950. The van der Waals surface area contributed by atoms with Crippen molar-refractivity contribution in [1.82, 2.24) is 0 Å². The average molecular weight is 797 g/mol. The SMILES string of the molecule is CCCCCCCCCCCCCCCCCCCCCC(=O)OC(COC(=O)CCCCCCCC)COP(=O)(O)OC1C(O)C(O)C(O)C(O)C1O. The monoisotopic (exact) mass is 797 g/mol. The van der Waals surface area contributed by atoms with Crippen molar-refractivity contribution in [2.75, 3.05) is 13.2 Å². The summed E-state index contributed by atoms with van der Waals surface area (Å²) in [6, 6.07) is 0. The third-order valence-corrected chi connectivity index (χ3v) is 11.2.